The van der Waals surface area contributed by atoms with E-state index in [-0.39, 0.29) is 5.54 Å². The van der Waals surface area contributed by atoms with Crippen molar-refractivity contribution in [3.8, 4) is 0 Å². The first kappa shape index (κ1) is 15.7. The highest BCUT2D eigenvalue weighted by Crippen LogP contribution is 2.13. The molecule has 0 spiro atoms. The Hall–Kier alpha value is -1.65. The summed E-state index contributed by atoms with van der Waals surface area (Å²) in [4.78, 5) is 0. The molecule has 2 rings (SSSR count). The van der Waals surface area contributed by atoms with Crippen molar-refractivity contribution in [2.45, 2.75) is 46.0 Å². The predicted octanol–water partition coefficient (Wildman–Crippen LogP) is 3.07. The van der Waals surface area contributed by atoms with Crippen molar-refractivity contribution >= 4 is 0 Å². The number of nitrogens with zero attached hydrogens (tertiary/aromatic N) is 2. The Bertz CT molecular complexity index is 569. The monoisotopic (exact) mass is 287 g/mol. The van der Waals surface area contributed by atoms with E-state index in [2.05, 4.69) is 55.6 Å². The summed E-state index contributed by atoms with van der Waals surface area (Å²) < 4.78 is 7.24. The van der Waals surface area contributed by atoms with Gasteiger partial charge in [0.25, 0.3) is 0 Å². The van der Waals surface area contributed by atoms with E-state index >= 15 is 0 Å². The summed E-state index contributed by atoms with van der Waals surface area (Å²) in [5.74, 6) is 0. The van der Waals surface area contributed by atoms with Crippen LogP contribution in [-0.4, -0.2) is 16.9 Å². The summed E-state index contributed by atoms with van der Waals surface area (Å²) >= 11 is 0. The van der Waals surface area contributed by atoms with Crippen molar-refractivity contribution in [1.29, 1.82) is 0 Å². The van der Waals surface area contributed by atoms with Crippen LogP contribution < -0.4 is 5.32 Å². The fraction of sp³-hybridized carbons (Fsp3) is 0.471. The highest BCUT2D eigenvalue weighted by molar-refractivity contribution is 5.26. The Kier molecular flexibility index (Phi) is 5.15. The summed E-state index contributed by atoms with van der Waals surface area (Å²) in [6, 6.07) is 8.36. The second-order valence-corrected chi connectivity index (χ2v) is 6.27. The van der Waals surface area contributed by atoms with Crippen molar-refractivity contribution in [3.63, 3.8) is 0 Å². The fourth-order valence-electron chi connectivity index (χ4n) is 2.19. The smallest absolute Gasteiger partial charge is 0.0716 e. The molecule has 0 aliphatic rings. The van der Waals surface area contributed by atoms with E-state index in [1.165, 1.54) is 16.7 Å². The van der Waals surface area contributed by atoms with Crippen LogP contribution in [0.4, 0.5) is 0 Å². The van der Waals surface area contributed by atoms with Gasteiger partial charge in [-0.3, -0.25) is 4.68 Å². The molecule has 0 unspecified atom stereocenters. The molecule has 1 N–H and O–H groups in total. The van der Waals surface area contributed by atoms with Crippen molar-refractivity contribution in [1.82, 2.24) is 15.1 Å². The number of hydrogen-bond donors (Lipinski definition) is 1. The first-order valence-electron chi connectivity index (χ1n) is 7.31. The molecule has 0 saturated carbocycles. The third-order valence-electron chi connectivity index (χ3n) is 3.39. The molecule has 0 saturated heterocycles. The van der Waals surface area contributed by atoms with Crippen LogP contribution in [0.3, 0.4) is 0 Å². The van der Waals surface area contributed by atoms with Gasteiger partial charge in [0, 0.05) is 32.0 Å². The van der Waals surface area contributed by atoms with Gasteiger partial charge in [0.2, 0.25) is 0 Å². The number of benzene rings is 1. The molecule has 4 nitrogen and oxygen atoms in total. The lowest BCUT2D eigenvalue weighted by molar-refractivity contribution is 0.184. The maximum absolute atomic E-state index is 5.23. The zero-order valence-corrected chi connectivity index (χ0v) is 13.4. The van der Waals surface area contributed by atoms with Crippen LogP contribution in [0.25, 0.3) is 0 Å². The molecular weight excluding hydrogens is 262 g/mol. The Morgan fingerprint density at radius 3 is 2.48 bits per heavy atom. The van der Waals surface area contributed by atoms with Gasteiger partial charge in [0.05, 0.1) is 18.3 Å². The molecule has 21 heavy (non-hydrogen) atoms. The topological polar surface area (TPSA) is 39.1 Å². The third-order valence-corrected chi connectivity index (χ3v) is 3.39. The predicted molar refractivity (Wildman–Crippen MR) is 84.9 cm³/mol. The Balaban J connectivity index is 1.91. The van der Waals surface area contributed by atoms with Gasteiger partial charge in [-0.05, 0) is 31.9 Å². The van der Waals surface area contributed by atoms with Gasteiger partial charge < -0.3 is 10.1 Å². The van der Waals surface area contributed by atoms with Crippen LogP contribution in [0.15, 0.2) is 36.7 Å². The van der Waals surface area contributed by atoms with Crippen LogP contribution in [-0.2, 0) is 30.0 Å². The van der Waals surface area contributed by atoms with Gasteiger partial charge in [-0.25, -0.2) is 0 Å². The summed E-state index contributed by atoms with van der Waals surface area (Å²) in [7, 11) is 1.73. The van der Waals surface area contributed by atoms with E-state index in [4.69, 9.17) is 4.74 Å². The lowest BCUT2D eigenvalue weighted by Gasteiger charge is -2.18. The van der Waals surface area contributed by atoms with Crippen molar-refractivity contribution < 1.29 is 4.74 Å². The van der Waals surface area contributed by atoms with Gasteiger partial charge in [-0.1, -0.05) is 24.3 Å². The maximum atomic E-state index is 5.23. The van der Waals surface area contributed by atoms with Crippen LogP contribution in [0, 0.1) is 0 Å². The number of aromatic nitrogens is 2. The van der Waals surface area contributed by atoms with Gasteiger partial charge >= 0.3 is 0 Å². The minimum atomic E-state index is 0.0311. The molecule has 2 aromatic rings. The Labute approximate surface area is 127 Å². The number of methoxy groups -OCH3 is 1. The first-order chi connectivity index (χ1) is 10.0. The van der Waals surface area contributed by atoms with Crippen molar-refractivity contribution in [3.05, 3.63) is 53.3 Å². The molecular formula is C17H25N3O. The molecule has 0 aliphatic carbocycles. The third kappa shape index (κ3) is 4.41. The van der Waals surface area contributed by atoms with E-state index < -0.39 is 0 Å². The van der Waals surface area contributed by atoms with E-state index in [0.29, 0.717) is 6.61 Å². The van der Waals surface area contributed by atoms with E-state index in [9.17, 15) is 0 Å². The average Bonchev–Trinajstić information content (AvgIpc) is 2.90. The van der Waals surface area contributed by atoms with Crippen LogP contribution in [0.5, 0.6) is 0 Å². The lowest BCUT2D eigenvalue weighted by atomic mass is 10.1. The molecule has 0 aliphatic heterocycles. The minimum absolute atomic E-state index is 0.0311. The molecule has 1 heterocycles. The molecule has 0 bridgehead atoms. The average molecular weight is 287 g/mol. The molecule has 4 heteroatoms. The largest absolute Gasteiger partial charge is 0.380 e. The molecule has 0 radical (unpaired) electrons. The molecule has 114 valence electrons. The van der Waals surface area contributed by atoms with Gasteiger partial charge in [0.15, 0.2) is 0 Å². The lowest BCUT2D eigenvalue weighted by Crippen LogP contribution is -2.22. The maximum Gasteiger partial charge on any atom is 0.0716 e. The van der Waals surface area contributed by atoms with E-state index in [1.807, 2.05) is 16.9 Å². The zero-order valence-electron chi connectivity index (χ0n) is 13.4. The zero-order chi connectivity index (χ0) is 15.3. The van der Waals surface area contributed by atoms with Crippen molar-refractivity contribution in [2.24, 2.45) is 0 Å². The van der Waals surface area contributed by atoms with Gasteiger partial charge in [0.1, 0.15) is 0 Å². The summed E-state index contributed by atoms with van der Waals surface area (Å²) in [5, 5.41) is 7.89. The summed E-state index contributed by atoms with van der Waals surface area (Å²) in [6.45, 7) is 8.76. The Morgan fingerprint density at radius 2 is 1.86 bits per heavy atom. The number of hydrogen-bond acceptors (Lipinski definition) is 3. The second-order valence-electron chi connectivity index (χ2n) is 6.27. The summed E-state index contributed by atoms with van der Waals surface area (Å²) in [5.41, 5.74) is 3.75. The SMILES string of the molecule is COCc1ccccc1CNCc1cnn(C(C)(C)C)c1. The van der Waals surface area contributed by atoms with Crippen LogP contribution >= 0.6 is 0 Å². The number of nitrogens with one attached hydrogen (secondary N) is 1. The molecule has 1 aromatic carbocycles. The molecule has 0 atom stereocenters. The van der Waals surface area contributed by atoms with Crippen molar-refractivity contribution in [2.75, 3.05) is 7.11 Å². The second kappa shape index (κ2) is 6.87. The highest BCUT2D eigenvalue weighted by atomic mass is 16.5. The summed E-state index contributed by atoms with van der Waals surface area (Å²) in [6.07, 6.45) is 4.04. The normalized spacial score (nSPS) is 11.8. The van der Waals surface area contributed by atoms with Crippen LogP contribution in [0.1, 0.15) is 37.5 Å². The Morgan fingerprint density at radius 1 is 1.14 bits per heavy atom. The quantitative estimate of drug-likeness (QED) is 0.887. The number of rotatable bonds is 6. The van der Waals surface area contributed by atoms with E-state index in [0.717, 1.165) is 13.1 Å². The minimum Gasteiger partial charge on any atom is -0.380 e. The highest BCUT2D eigenvalue weighted by Gasteiger charge is 2.13. The molecule has 1 aromatic heterocycles. The van der Waals surface area contributed by atoms with Gasteiger partial charge in [-0.15, -0.1) is 0 Å². The molecule has 0 amide bonds. The standard InChI is InChI=1S/C17H25N3O/c1-17(2,3)20-12-14(10-19-20)9-18-11-15-7-5-6-8-16(15)13-21-4/h5-8,10,12,18H,9,11,13H2,1-4H3. The van der Waals surface area contributed by atoms with Crippen LogP contribution in [0.2, 0.25) is 0 Å². The fourth-order valence-corrected chi connectivity index (χ4v) is 2.19. The first-order valence-corrected chi connectivity index (χ1v) is 7.31. The van der Waals surface area contributed by atoms with E-state index in [1.54, 1.807) is 7.11 Å². The van der Waals surface area contributed by atoms with Gasteiger partial charge in [-0.2, -0.15) is 5.10 Å². The molecule has 0 fully saturated rings. The number of ether oxygens (including phenoxy) is 1.